The summed E-state index contributed by atoms with van der Waals surface area (Å²) >= 11 is 0. The molecule has 9 heteroatoms. The minimum Gasteiger partial charge on any atom is -0.481 e. The Hall–Kier alpha value is -2.62. The van der Waals surface area contributed by atoms with Crippen LogP contribution in [0.5, 0.6) is 0 Å². The summed E-state index contributed by atoms with van der Waals surface area (Å²) < 4.78 is 16.3. The normalized spacial score (nSPS) is 39.2. The Labute approximate surface area is 332 Å². The standard InChI is InChI=1S/C46H73N5O4/c1-28(2)29(3)41(9)21-22-43(11)33-15-16-35-42(10,25-54-31(5)46(35,14)34(33)17-20-44(43,12)36(41)39(52)53)37(55-26-45(13,47)40(6,7)8)30(4)51-38(49-27-50-51)32-18-23-48-24-19-32/h17-19,23-24,27-31,33,35-37H,15-16,20-22,25-26,47H2,1-14H3,(H,52,53)/t29-,30-,31+,33+,35+,36-,37+,41-,42?,43-,44+,45+,46?/m1/s1. The van der Waals surface area contributed by atoms with E-state index in [2.05, 4.69) is 108 Å². The lowest BCUT2D eigenvalue weighted by Crippen LogP contribution is -2.67. The quantitative estimate of drug-likeness (QED) is 0.230. The van der Waals surface area contributed by atoms with Crippen LogP contribution in [0.25, 0.3) is 11.4 Å². The van der Waals surface area contributed by atoms with Gasteiger partial charge in [0.25, 0.3) is 0 Å². The van der Waals surface area contributed by atoms with E-state index in [1.165, 1.54) is 5.57 Å². The number of ether oxygens (including phenoxy) is 2. The van der Waals surface area contributed by atoms with Crippen molar-refractivity contribution in [2.24, 2.45) is 67.8 Å². The molecule has 4 aliphatic rings. The number of fused-ring (bicyclic) bond motifs is 5. The van der Waals surface area contributed by atoms with E-state index in [1.54, 1.807) is 18.7 Å². The van der Waals surface area contributed by atoms with Crippen LogP contribution < -0.4 is 5.73 Å². The zero-order valence-corrected chi connectivity index (χ0v) is 36.6. The highest BCUT2D eigenvalue weighted by atomic mass is 16.5. The number of allylic oxidation sites excluding steroid dienone is 1. The molecule has 13 atom stereocenters. The van der Waals surface area contributed by atoms with E-state index < -0.39 is 22.8 Å². The molecule has 6 rings (SSSR count). The molecule has 2 saturated carbocycles. The molecule has 2 aromatic rings. The number of carboxylic acid groups (broad SMARTS) is 1. The zero-order chi connectivity index (χ0) is 40.7. The lowest BCUT2D eigenvalue weighted by atomic mass is 9.35. The molecule has 9 nitrogen and oxygen atoms in total. The van der Waals surface area contributed by atoms with Crippen LogP contribution in [0.2, 0.25) is 0 Å². The van der Waals surface area contributed by atoms with Gasteiger partial charge in [-0.05, 0) is 110 Å². The van der Waals surface area contributed by atoms with Gasteiger partial charge in [-0.25, -0.2) is 9.67 Å². The lowest BCUT2D eigenvalue weighted by Gasteiger charge is -2.70. The fourth-order valence-electron chi connectivity index (χ4n) is 12.6. The minimum atomic E-state index is -0.627. The summed E-state index contributed by atoms with van der Waals surface area (Å²) in [5.74, 6) is 0.965. The zero-order valence-electron chi connectivity index (χ0n) is 36.6. The maximum absolute atomic E-state index is 13.6. The number of pyridine rings is 1. The highest BCUT2D eigenvalue weighted by molar-refractivity contribution is 5.73. The number of aliphatic carboxylic acids is 1. The molecule has 3 fully saturated rings. The van der Waals surface area contributed by atoms with E-state index in [9.17, 15) is 9.90 Å². The Bertz CT molecular complexity index is 1750. The summed E-state index contributed by atoms with van der Waals surface area (Å²) in [7, 11) is 0. The Morgan fingerprint density at radius 2 is 1.67 bits per heavy atom. The summed E-state index contributed by atoms with van der Waals surface area (Å²) in [4.78, 5) is 22.5. The topological polar surface area (TPSA) is 125 Å². The van der Waals surface area contributed by atoms with Crippen molar-refractivity contribution in [3.63, 3.8) is 0 Å². The van der Waals surface area contributed by atoms with Crippen molar-refractivity contribution in [3.8, 4) is 11.4 Å². The SMILES string of the molecule is CC(C)[C@@H](C)[C@@]1(C)CC[C@]2(C)[C@H]3CC[C@H]4C(C)([C@@H](OC[C@](C)(N)C(C)(C)C)[C@@H](C)n5ncnc5-c5ccncc5)CO[C@@H](C)C4(C)C3=CC[C@@]2(C)[C@@H]1C(=O)O. The second-order valence-corrected chi connectivity index (χ2v) is 21.3. The molecular formula is C46H73N5O4. The van der Waals surface area contributed by atoms with Crippen molar-refractivity contribution in [3.05, 3.63) is 42.5 Å². The number of rotatable bonds is 10. The van der Waals surface area contributed by atoms with Crippen LogP contribution in [-0.2, 0) is 14.3 Å². The third-order valence-electron chi connectivity index (χ3n) is 17.6. The van der Waals surface area contributed by atoms with E-state index in [1.807, 2.05) is 16.8 Å². The molecule has 0 spiro atoms. The predicted molar refractivity (Wildman–Crippen MR) is 219 cm³/mol. The number of carbonyl (C=O) groups is 1. The smallest absolute Gasteiger partial charge is 0.307 e. The van der Waals surface area contributed by atoms with Crippen molar-refractivity contribution in [1.82, 2.24) is 19.7 Å². The van der Waals surface area contributed by atoms with Crippen molar-refractivity contribution >= 4 is 5.97 Å². The van der Waals surface area contributed by atoms with Crippen LogP contribution in [0.3, 0.4) is 0 Å². The third kappa shape index (κ3) is 6.27. The Morgan fingerprint density at radius 1 is 1.02 bits per heavy atom. The fourth-order valence-corrected chi connectivity index (χ4v) is 12.6. The number of nitrogens with two attached hydrogens (primary N) is 1. The number of nitrogens with zero attached hydrogens (tertiary/aromatic N) is 4. The van der Waals surface area contributed by atoms with Gasteiger partial charge in [-0.2, -0.15) is 5.10 Å². The van der Waals surface area contributed by atoms with Gasteiger partial charge in [0.1, 0.15) is 6.33 Å². The third-order valence-corrected chi connectivity index (χ3v) is 17.6. The largest absolute Gasteiger partial charge is 0.481 e. The van der Waals surface area contributed by atoms with Crippen molar-refractivity contribution in [1.29, 1.82) is 0 Å². The Balaban J connectivity index is 1.44. The lowest BCUT2D eigenvalue weighted by molar-refractivity contribution is -0.237. The van der Waals surface area contributed by atoms with Gasteiger partial charge in [-0.1, -0.05) is 87.8 Å². The van der Waals surface area contributed by atoms with E-state index in [-0.39, 0.29) is 57.2 Å². The van der Waals surface area contributed by atoms with E-state index in [0.717, 1.165) is 43.5 Å². The van der Waals surface area contributed by atoms with E-state index in [0.29, 0.717) is 25.0 Å². The number of hydrogen-bond acceptors (Lipinski definition) is 7. The van der Waals surface area contributed by atoms with Crippen LogP contribution in [0.15, 0.2) is 42.5 Å². The van der Waals surface area contributed by atoms with Gasteiger partial charge in [-0.3, -0.25) is 9.78 Å². The number of carboxylic acids is 1. The molecule has 0 radical (unpaired) electrons. The number of hydrogen-bond donors (Lipinski definition) is 2. The first-order valence-corrected chi connectivity index (χ1v) is 21.2. The monoisotopic (exact) mass is 760 g/mol. The average molecular weight is 760 g/mol. The summed E-state index contributed by atoms with van der Waals surface area (Å²) in [6, 6.07) is 3.75. The van der Waals surface area contributed by atoms with Gasteiger partial charge in [0.2, 0.25) is 0 Å². The first-order chi connectivity index (χ1) is 25.4. The molecule has 3 heterocycles. The second kappa shape index (κ2) is 14.0. The minimum absolute atomic E-state index is 0.0123. The predicted octanol–water partition coefficient (Wildman–Crippen LogP) is 9.64. The molecule has 1 aliphatic heterocycles. The number of aromatic nitrogens is 4. The van der Waals surface area contributed by atoms with E-state index in [4.69, 9.17) is 25.3 Å². The average Bonchev–Trinajstić information content (AvgIpc) is 3.60. The maximum Gasteiger partial charge on any atom is 0.307 e. The first-order valence-electron chi connectivity index (χ1n) is 21.2. The second-order valence-electron chi connectivity index (χ2n) is 21.3. The van der Waals surface area contributed by atoms with Gasteiger partial charge in [0.05, 0.1) is 37.4 Å². The summed E-state index contributed by atoms with van der Waals surface area (Å²) in [5.41, 5.74) is 7.21. The van der Waals surface area contributed by atoms with Crippen LogP contribution in [-0.4, -0.2) is 61.8 Å². The highest BCUT2D eigenvalue weighted by Gasteiger charge is 2.70. The molecular weight excluding hydrogens is 687 g/mol. The highest BCUT2D eigenvalue weighted by Crippen LogP contribution is 2.74. The van der Waals surface area contributed by atoms with Crippen LogP contribution in [0.1, 0.15) is 135 Å². The fraction of sp³-hybridized carbons (Fsp3) is 0.783. The van der Waals surface area contributed by atoms with Crippen LogP contribution in [0, 0.1) is 62.1 Å². The van der Waals surface area contributed by atoms with Gasteiger partial charge in [0, 0.05) is 34.3 Å². The van der Waals surface area contributed by atoms with Crippen molar-refractivity contribution < 1.29 is 19.4 Å². The Kier molecular flexibility index (Phi) is 10.7. The van der Waals surface area contributed by atoms with Gasteiger partial charge in [0.15, 0.2) is 5.82 Å². The molecule has 3 aliphatic carbocycles. The maximum atomic E-state index is 13.6. The van der Waals surface area contributed by atoms with Gasteiger partial charge < -0.3 is 20.3 Å². The first kappa shape index (κ1) is 42.0. The van der Waals surface area contributed by atoms with Crippen molar-refractivity contribution in [2.75, 3.05) is 13.2 Å². The molecule has 0 amide bonds. The molecule has 2 unspecified atom stereocenters. The molecule has 1 saturated heterocycles. The summed E-state index contributed by atoms with van der Waals surface area (Å²) in [5, 5.41) is 16.0. The molecule has 2 aromatic heterocycles. The summed E-state index contributed by atoms with van der Waals surface area (Å²) in [6.07, 6.45) is 12.2. The molecule has 306 valence electrons. The van der Waals surface area contributed by atoms with E-state index >= 15 is 0 Å². The molecule has 0 aromatic carbocycles. The van der Waals surface area contributed by atoms with Crippen molar-refractivity contribution in [2.45, 2.75) is 153 Å². The Morgan fingerprint density at radius 3 is 2.27 bits per heavy atom. The van der Waals surface area contributed by atoms with Gasteiger partial charge in [-0.15, -0.1) is 0 Å². The summed E-state index contributed by atoms with van der Waals surface area (Å²) in [6.45, 7) is 32.7. The van der Waals surface area contributed by atoms with Crippen LogP contribution >= 0.6 is 0 Å². The molecule has 3 N–H and O–H groups in total. The molecule has 0 bridgehead atoms. The van der Waals surface area contributed by atoms with Gasteiger partial charge >= 0.3 is 5.97 Å². The molecule has 55 heavy (non-hydrogen) atoms. The van der Waals surface area contributed by atoms with Crippen LogP contribution in [0.4, 0.5) is 0 Å².